The van der Waals surface area contributed by atoms with E-state index in [1.165, 1.54) is 5.56 Å². The predicted octanol–water partition coefficient (Wildman–Crippen LogP) is 4.52. The van der Waals surface area contributed by atoms with Gasteiger partial charge in [-0.05, 0) is 44.2 Å². The number of Topliss-reactive ketones (excluding diaryl/α,β-unsaturated/α-hetero) is 1. The summed E-state index contributed by atoms with van der Waals surface area (Å²) in [5, 5.41) is 14.5. The third-order valence-electron chi connectivity index (χ3n) is 4.68. The molecule has 0 heterocycles. The summed E-state index contributed by atoms with van der Waals surface area (Å²) in [6.45, 7) is 6.56. The standard InChI is InChI=1S/C20H18O2/c1-20(2,3)12-7-8-13-11(9-12)10-16-17-14(13)5-4-6-15(17)18(21)19(16)22/h4-10,19,22H,1-3H3. The minimum atomic E-state index is -1.03. The Bertz CT molecular complexity index is 945. The van der Waals surface area contributed by atoms with Gasteiger partial charge in [0.05, 0.1) is 0 Å². The zero-order valence-corrected chi connectivity index (χ0v) is 13.0. The van der Waals surface area contributed by atoms with Crippen molar-refractivity contribution in [2.45, 2.75) is 32.3 Å². The predicted molar refractivity (Wildman–Crippen MR) is 89.4 cm³/mol. The third kappa shape index (κ3) is 1.68. The average Bonchev–Trinajstić information content (AvgIpc) is 2.73. The van der Waals surface area contributed by atoms with E-state index in [1.54, 1.807) is 6.07 Å². The maximum atomic E-state index is 12.2. The molecule has 0 radical (unpaired) electrons. The van der Waals surface area contributed by atoms with Gasteiger partial charge in [0, 0.05) is 5.56 Å². The summed E-state index contributed by atoms with van der Waals surface area (Å²) < 4.78 is 0. The smallest absolute Gasteiger partial charge is 0.196 e. The summed E-state index contributed by atoms with van der Waals surface area (Å²) >= 11 is 0. The molecule has 22 heavy (non-hydrogen) atoms. The maximum Gasteiger partial charge on any atom is 0.196 e. The fourth-order valence-electron chi connectivity index (χ4n) is 3.43. The van der Waals surface area contributed by atoms with Crippen LogP contribution in [0.2, 0.25) is 0 Å². The summed E-state index contributed by atoms with van der Waals surface area (Å²) in [5.41, 5.74) is 2.71. The van der Waals surface area contributed by atoms with Gasteiger partial charge in [-0.2, -0.15) is 0 Å². The number of carbonyl (C=O) groups is 1. The molecule has 0 amide bonds. The number of aliphatic hydroxyl groups excluding tert-OH is 1. The molecule has 2 heteroatoms. The van der Waals surface area contributed by atoms with Crippen LogP contribution in [0.15, 0.2) is 42.5 Å². The molecule has 0 bridgehead atoms. The number of hydrogen-bond donors (Lipinski definition) is 1. The molecule has 0 saturated heterocycles. The van der Waals surface area contributed by atoms with Crippen molar-refractivity contribution < 1.29 is 9.90 Å². The molecule has 1 aliphatic rings. The van der Waals surface area contributed by atoms with Crippen molar-refractivity contribution >= 4 is 27.3 Å². The molecule has 0 aromatic heterocycles. The van der Waals surface area contributed by atoms with Crippen LogP contribution in [-0.2, 0) is 5.41 Å². The first-order valence-electron chi connectivity index (χ1n) is 7.60. The highest BCUT2D eigenvalue weighted by atomic mass is 16.3. The van der Waals surface area contributed by atoms with Crippen LogP contribution in [0.3, 0.4) is 0 Å². The quantitative estimate of drug-likeness (QED) is 0.618. The van der Waals surface area contributed by atoms with Crippen molar-refractivity contribution in [3.8, 4) is 0 Å². The van der Waals surface area contributed by atoms with E-state index >= 15 is 0 Å². The minimum absolute atomic E-state index is 0.0692. The molecule has 1 N–H and O–H groups in total. The van der Waals surface area contributed by atoms with Crippen molar-refractivity contribution in [1.82, 2.24) is 0 Å². The molecule has 0 spiro atoms. The second kappa shape index (κ2) is 4.17. The van der Waals surface area contributed by atoms with Gasteiger partial charge in [-0.1, -0.05) is 57.2 Å². The van der Waals surface area contributed by atoms with Gasteiger partial charge in [0.15, 0.2) is 5.78 Å². The van der Waals surface area contributed by atoms with Gasteiger partial charge >= 0.3 is 0 Å². The summed E-state index contributed by atoms with van der Waals surface area (Å²) in [6, 6.07) is 14.2. The van der Waals surface area contributed by atoms with Gasteiger partial charge in [-0.3, -0.25) is 4.79 Å². The van der Waals surface area contributed by atoms with E-state index in [2.05, 4.69) is 39.0 Å². The summed E-state index contributed by atoms with van der Waals surface area (Å²) in [4.78, 5) is 12.2. The van der Waals surface area contributed by atoms with Gasteiger partial charge in [0.25, 0.3) is 0 Å². The normalized spacial score (nSPS) is 17.6. The lowest BCUT2D eigenvalue weighted by Crippen LogP contribution is -2.10. The van der Waals surface area contributed by atoms with Crippen LogP contribution in [0.25, 0.3) is 21.5 Å². The van der Waals surface area contributed by atoms with Gasteiger partial charge in [0.2, 0.25) is 0 Å². The Morgan fingerprint density at radius 2 is 1.77 bits per heavy atom. The molecule has 0 fully saturated rings. The molecule has 3 aromatic carbocycles. The molecule has 3 aromatic rings. The number of rotatable bonds is 0. The fraction of sp³-hybridized carbons (Fsp3) is 0.250. The van der Waals surface area contributed by atoms with E-state index in [9.17, 15) is 9.90 Å². The summed E-state index contributed by atoms with van der Waals surface area (Å²) in [6.07, 6.45) is -1.03. The van der Waals surface area contributed by atoms with Gasteiger partial charge < -0.3 is 5.11 Å². The zero-order chi connectivity index (χ0) is 15.6. The third-order valence-corrected chi connectivity index (χ3v) is 4.68. The molecule has 2 nitrogen and oxygen atoms in total. The molecule has 1 atom stereocenters. The molecule has 110 valence electrons. The second-order valence-electron chi connectivity index (χ2n) is 7.15. The molecule has 0 saturated carbocycles. The van der Waals surface area contributed by atoms with Gasteiger partial charge in [-0.15, -0.1) is 0 Å². The van der Waals surface area contributed by atoms with Crippen molar-refractivity contribution in [3.05, 3.63) is 59.2 Å². The van der Waals surface area contributed by atoms with E-state index in [4.69, 9.17) is 0 Å². The lowest BCUT2D eigenvalue weighted by atomic mass is 9.85. The highest BCUT2D eigenvalue weighted by Gasteiger charge is 2.31. The number of hydrogen-bond acceptors (Lipinski definition) is 2. The number of fused-ring (bicyclic) bond motifs is 2. The number of ketones is 1. The maximum absolute atomic E-state index is 12.2. The Hall–Kier alpha value is -2.19. The Labute approximate surface area is 129 Å². The first kappa shape index (κ1) is 13.5. The molecular weight excluding hydrogens is 272 g/mol. The van der Waals surface area contributed by atoms with Crippen LogP contribution < -0.4 is 0 Å². The van der Waals surface area contributed by atoms with Crippen LogP contribution in [0.5, 0.6) is 0 Å². The van der Waals surface area contributed by atoms with Crippen LogP contribution >= 0.6 is 0 Å². The molecule has 1 aliphatic carbocycles. The monoisotopic (exact) mass is 290 g/mol. The molecule has 0 aliphatic heterocycles. The largest absolute Gasteiger partial charge is 0.380 e. The highest BCUT2D eigenvalue weighted by molar-refractivity contribution is 6.23. The fourth-order valence-corrected chi connectivity index (χ4v) is 3.43. The molecule has 1 unspecified atom stereocenters. The van der Waals surface area contributed by atoms with Crippen LogP contribution in [0.4, 0.5) is 0 Å². The van der Waals surface area contributed by atoms with E-state index in [0.717, 1.165) is 27.1 Å². The van der Waals surface area contributed by atoms with Crippen molar-refractivity contribution in [1.29, 1.82) is 0 Å². The van der Waals surface area contributed by atoms with Crippen LogP contribution in [-0.4, -0.2) is 10.9 Å². The second-order valence-corrected chi connectivity index (χ2v) is 7.15. The summed E-state index contributed by atoms with van der Waals surface area (Å²) in [5.74, 6) is -0.188. The molecular formula is C20H18O2. The van der Waals surface area contributed by atoms with E-state index in [1.807, 2.05) is 18.2 Å². The van der Waals surface area contributed by atoms with Crippen LogP contribution in [0, 0.1) is 0 Å². The zero-order valence-electron chi connectivity index (χ0n) is 13.0. The Balaban J connectivity index is 2.15. The number of aliphatic hydroxyl groups is 1. The Kier molecular flexibility index (Phi) is 2.56. The van der Waals surface area contributed by atoms with E-state index < -0.39 is 6.10 Å². The van der Waals surface area contributed by atoms with Crippen LogP contribution in [0.1, 0.15) is 48.4 Å². The first-order valence-corrected chi connectivity index (χ1v) is 7.60. The lowest BCUT2D eigenvalue weighted by Gasteiger charge is -2.20. The van der Waals surface area contributed by atoms with Crippen molar-refractivity contribution in [3.63, 3.8) is 0 Å². The lowest BCUT2D eigenvalue weighted by molar-refractivity contribution is 0.0766. The summed E-state index contributed by atoms with van der Waals surface area (Å²) in [7, 11) is 0. The van der Waals surface area contributed by atoms with Crippen molar-refractivity contribution in [2.24, 2.45) is 0 Å². The Morgan fingerprint density at radius 1 is 1.00 bits per heavy atom. The first-order chi connectivity index (χ1) is 10.4. The number of carbonyl (C=O) groups excluding carboxylic acids is 1. The number of benzene rings is 3. The van der Waals surface area contributed by atoms with Crippen molar-refractivity contribution in [2.75, 3.05) is 0 Å². The van der Waals surface area contributed by atoms with Gasteiger partial charge in [0.1, 0.15) is 6.10 Å². The topological polar surface area (TPSA) is 37.3 Å². The SMILES string of the molecule is CC(C)(C)c1ccc2c(c1)cc1c3c(cccc32)C(=O)C1O. The average molecular weight is 290 g/mol. The van der Waals surface area contributed by atoms with E-state index in [0.29, 0.717) is 5.56 Å². The molecule has 4 rings (SSSR count). The van der Waals surface area contributed by atoms with Gasteiger partial charge in [-0.25, -0.2) is 0 Å². The Morgan fingerprint density at radius 3 is 2.50 bits per heavy atom. The highest BCUT2D eigenvalue weighted by Crippen LogP contribution is 2.41. The van der Waals surface area contributed by atoms with E-state index in [-0.39, 0.29) is 11.2 Å². The minimum Gasteiger partial charge on any atom is -0.380 e.